The number of aliphatic hydroxyl groups excluding tert-OH is 1. The molecule has 2 atom stereocenters. The second kappa shape index (κ2) is 3.19. The van der Waals surface area contributed by atoms with Crippen molar-refractivity contribution in [2.24, 2.45) is 0 Å². The van der Waals surface area contributed by atoms with Gasteiger partial charge in [-0.2, -0.15) is 8.42 Å². The summed E-state index contributed by atoms with van der Waals surface area (Å²) in [6.45, 7) is 0. The van der Waals surface area contributed by atoms with Crippen molar-refractivity contribution in [1.82, 2.24) is 0 Å². The molecule has 1 unspecified atom stereocenters. The minimum atomic E-state index is -4.92. The van der Waals surface area contributed by atoms with Crippen molar-refractivity contribution in [3.8, 4) is 0 Å². The number of rotatable bonds is 2. The first-order chi connectivity index (χ1) is 6.32. The van der Waals surface area contributed by atoms with E-state index in [0.29, 0.717) is 0 Å². The highest BCUT2D eigenvalue weighted by Crippen LogP contribution is 2.27. The maximum absolute atomic E-state index is 10.9. The van der Waals surface area contributed by atoms with Crippen LogP contribution in [0.4, 0.5) is 0 Å². The predicted molar refractivity (Wildman–Crippen MR) is 46.2 cm³/mol. The zero-order valence-corrected chi connectivity index (χ0v) is 7.68. The summed E-state index contributed by atoms with van der Waals surface area (Å²) in [5.74, 6) is -1.83. The van der Waals surface area contributed by atoms with E-state index in [4.69, 9.17) is 9.66 Å². The molecule has 0 radical (unpaired) electrons. The average molecular weight is 220 g/mol. The lowest BCUT2D eigenvalue weighted by Gasteiger charge is -2.27. The standard InChI is InChI=1S/C7H8O6S/c8-5-3-1-2-4-7(5,6(9)10)14(11,12)13/h1-5,8H,(H,9,10)(H,11,12,13)/t5-,7?/m0/s1. The van der Waals surface area contributed by atoms with Gasteiger partial charge < -0.3 is 10.2 Å². The number of carbonyl (C=O) groups is 1. The molecule has 78 valence electrons. The Morgan fingerprint density at radius 1 is 1.36 bits per heavy atom. The topological polar surface area (TPSA) is 112 Å². The van der Waals surface area contributed by atoms with Crippen LogP contribution in [-0.4, -0.2) is 40.0 Å². The lowest BCUT2D eigenvalue weighted by Crippen LogP contribution is -2.54. The Kier molecular flexibility index (Phi) is 2.49. The van der Waals surface area contributed by atoms with Gasteiger partial charge in [-0.3, -0.25) is 4.55 Å². The first-order valence-corrected chi connectivity index (χ1v) is 5.01. The van der Waals surface area contributed by atoms with Crippen molar-refractivity contribution in [2.75, 3.05) is 0 Å². The highest BCUT2D eigenvalue weighted by molar-refractivity contribution is 7.88. The van der Waals surface area contributed by atoms with E-state index in [0.717, 1.165) is 18.2 Å². The highest BCUT2D eigenvalue weighted by Gasteiger charge is 2.54. The molecule has 0 aliphatic heterocycles. The fourth-order valence-electron chi connectivity index (χ4n) is 1.16. The molecule has 0 fully saturated rings. The summed E-state index contributed by atoms with van der Waals surface area (Å²) in [7, 11) is -4.92. The number of carboxylic acid groups (broad SMARTS) is 1. The van der Waals surface area contributed by atoms with Gasteiger partial charge in [0.05, 0.1) is 0 Å². The van der Waals surface area contributed by atoms with Gasteiger partial charge in [0.15, 0.2) is 0 Å². The van der Waals surface area contributed by atoms with Crippen molar-refractivity contribution in [1.29, 1.82) is 0 Å². The largest absolute Gasteiger partial charge is 0.480 e. The van der Waals surface area contributed by atoms with Crippen LogP contribution in [0.15, 0.2) is 24.3 Å². The van der Waals surface area contributed by atoms with Gasteiger partial charge in [-0.1, -0.05) is 18.2 Å². The van der Waals surface area contributed by atoms with Crippen LogP contribution in [0.25, 0.3) is 0 Å². The van der Waals surface area contributed by atoms with Gasteiger partial charge in [0.25, 0.3) is 10.1 Å². The molecule has 0 amide bonds. The highest BCUT2D eigenvalue weighted by atomic mass is 32.2. The van der Waals surface area contributed by atoms with Crippen LogP contribution in [0.1, 0.15) is 0 Å². The Labute approximate surface area is 79.9 Å². The number of hydrogen-bond donors (Lipinski definition) is 3. The van der Waals surface area contributed by atoms with Crippen molar-refractivity contribution in [3.05, 3.63) is 24.3 Å². The third-order valence-corrected chi connectivity index (χ3v) is 3.35. The monoisotopic (exact) mass is 220 g/mol. The zero-order valence-electron chi connectivity index (χ0n) is 6.86. The molecule has 1 aliphatic rings. The third-order valence-electron chi connectivity index (χ3n) is 1.95. The molecule has 0 saturated carbocycles. The van der Waals surface area contributed by atoms with Crippen LogP contribution in [0.3, 0.4) is 0 Å². The van der Waals surface area contributed by atoms with E-state index >= 15 is 0 Å². The molecule has 3 N–H and O–H groups in total. The second-order valence-electron chi connectivity index (χ2n) is 2.76. The molecular weight excluding hydrogens is 212 g/mol. The normalized spacial score (nSPS) is 31.7. The lowest BCUT2D eigenvalue weighted by molar-refractivity contribution is -0.141. The molecule has 7 heteroatoms. The van der Waals surface area contributed by atoms with Crippen molar-refractivity contribution >= 4 is 16.1 Å². The Morgan fingerprint density at radius 3 is 2.21 bits per heavy atom. The van der Waals surface area contributed by atoms with E-state index in [2.05, 4.69) is 0 Å². The predicted octanol–water partition coefficient (Wildman–Crippen LogP) is -0.815. The summed E-state index contributed by atoms with van der Waals surface area (Å²) in [6.07, 6.45) is 2.32. The van der Waals surface area contributed by atoms with Crippen molar-refractivity contribution in [3.63, 3.8) is 0 Å². The van der Waals surface area contributed by atoms with Gasteiger partial charge in [0.1, 0.15) is 6.10 Å². The number of aliphatic carboxylic acids is 1. The van der Waals surface area contributed by atoms with E-state index in [1.807, 2.05) is 0 Å². The first-order valence-electron chi connectivity index (χ1n) is 3.57. The van der Waals surface area contributed by atoms with Gasteiger partial charge in [0, 0.05) is 0 Å². The molecule has 0 spiro atoms. The molecule has 0 heterocycles. The molecule has 0 bridgehead atoms. The quantitative estimate of drug-likeness (QED) is 0.524. The van der Waals surface area contributed by atoms with E-state index < -0.39 is 26.9 Å². The van der Waals surface area contributed by atoms with Crippen LogP contribution in [-0.2, 0) is 14.9 Å². The van der Waals surface area contributed by atoms with Crippen LogP contribution in [0.5, 0.6) is 0 Å². The van der Waals surface area contributed by atoms with E-state index in [9.17, 15) is 18.3 Å². The summed E-state index contributed by atoms with van der Waals surface area (Å²) < 4.78 is 27.9. The molecule has 0 aromatic heterocycles. The summed E-state index contributed by atoms with van der Waals surface area (Å²) in [5, 5.41) is 18.0. The molecule has 0 aromatic rings. The first kappa shape index (κ1) is 10.9. The lowest BCUT2D eigenvalue weighted by atomic mass is 9.97. The Hall–Kier alpha value is -1.18. The van der Waals surface area contributed by atoms with E-state index in [1.54, 1.807) is 0 Å². The minimum absolute atomic E-state index is 0.731. The summed E-state index contributed by atoms with van der Waals surface area (Å²) >= 11 is 0. The minimum Gasteiger partial charge on any atom is -0.480 e. The summed E-state index contributed by atoms with van der Waals surface area (Å²) in [5.41, 5.74) is 0. The molecule has 1 aliphatic carbocycles. The van der Waals surface area contributed by atoms with Crippen LogP contribution in [0.2, 0.25) is 0 Å². The fourth-order valence-corrected chi connectivity index (χ4v) is 2.01. The number of aliphatic hydroxyl groups is 1. The fraction of sp³-hybridized carbons (Fsp3) is 0.286. The molecule has 6 nitrogen and oxygen atoms in total. The smallest absolute Gasteiger partial charge is 0.334 e. The van der Waals surface area contributed by atoms with Gasteiger partial charge in [-0.15, -0.1) is 0 Å². The van der Waals surface area contributed by atoms with Crippen LogP contribution >= 0.6 is 0 Å². The van der Waals surface area contributed by atoms with Gasteiger partial charge in [-0.25, -0.2) is 4.79 Å². The van der Waals surface area contributed by atoms with Gasteiger partial charge >= 0.3 is 5.97 Å². The maximum atomic E-state index is 10.9. The molecule has 0 aromatic carbocycles. The van der Waals surface area contributed by atoms with Gasteiger partial charge in [0.2, 0.25) is 4.75 Å². The SMILES string of the molecule is O=C(O)C1(S(=O)(=O)O)C=CC=C[C@@H]1O. The third kappa shape index (κ3) is 1.35. The molecule has 0 saturated heterocycles. The second-order valence-corrected chi connectivity index (χ2v) is 4.39. The number of allylic oxidation sites excluding steroid dienone is 2. The summed E-state index contributed by atoms with van der Waals surface area (Å²) in [6, 6.07) is 0. The molecule has 14 heavy (non-hydrogen) atoms. The Morgan fingerprint density at radius 2 is 1.93 bits per heavy atom. The van der Waals surface area contributed by atoms with E-state index in [-0.39, 0.29) is 0 Å². The summed E-state index contributed by atoms with van der Waals surface area (Å²) in [4.78, 5) is 10.7. The maximum Gasteiger partial charge on any atom is 0.334 e. The Bertz CT molecular complexity index is 406. The van der Waals surface area contributed by atoms with Crippen LogP contribution in [0, 0.1) is 0 Å². The van der Waals surface area contributed by atoms with Crippen molar-refractivity contribution < 1.29 is 28.0 Å². The van der Waals surface area contributed by atoms with Gasteiger partial charge in [-0.05, 0) is 6.08 Å². The van der Waals surface area contributed by atoms with Crippen molar-refractivity contribution in [2.45, 2.75) is 10.9 Å². The van der Waals surface area contributed by atoms with E-state index in [1.165, 1.54) is 6.08 Å². The average Bonchev–Trinajstić information content (AvgIpc) is 2.02. The Balaban J connectivity index is 3.40. The number of hydrogen-bond acceptors (Lipinski definition) is 4. The molecule has 1 rings (SSSR count). The molecular formula is C7H8O6S. The number of carboxylic acids is 1. The zero-order chi connectivity index (χ0) is 11.0. The van der Waals surface area contributed by atoms with Crippen LogP contribution < -0.4 is 0 Å².